The van der Waals surface area contributed by atoms with Gasteiger partial charge in [-0.3, -0.25) is 14.5 Å². The summed E-state index contributed by atoms with van der Waals surface area (Å²) in [7, 11) is 0. The summed E-state index contributed by atoms with van der Waals surface area (Å²) in [5.74, 6) is -0.157. The fourth-order valence-corrected chi connectivity index (χ4v) is 3.95. The van der Waals surface area contributed by atoms with E-state index in [0.29, 0.717) is 19.6 Å². The van der Waals surface area contributed by atoms with Crippen molar-refractivity contribution in [3.63, 3.8) is 0 Å². The third kappa shape index (κ3) is 6.34. The molecule has 0 saturated heterocycles. The van der Waals surface area contributed by atoms with Gasteiger partial charge in [-0.2, -0.15) is 10.4 Å². The summed E-state index contributed by atoms with van der Waals surface area (Å²) >= 11 is 0. The van der Waals surface area contributed by atoms with E-state index in [2.05, 4.69) is 55.2 Å². The predicted octanol–water partition coefficient (Wildman–Crippen LogP) is 5.57. The average Bonchev–Trinajstić information content (AvgIpc) is 3.30. The van der Waals surface area contributed by atoms with Crippen molar-refractivity contribution in [1.29, 1.82) is 5.26 Å². The molecule has 0 unspecified atom stereocenters. The average molecular weight is 476 g/mol. The number of nitriles is 1. The maximum Gasteiger partial charge on any atom is 0.246 e. The molecule has 4 aromatic rings. The van der Waals surface area contributed by atoms with Crippen LogP contribution in [0.5, 0.6) is 0 Å². The number of carbonyl (C=O) groups is 1. The van der Waals surface area contributed by atoms with E-state index in [9.17, 15) is 4.79 Å². The van der Waals surface area contributed by atoms with E-state index < -0.39 is 0 Å². The largest absolute Gasteiger partial charge is 0.334 e. The second-order valence-corrected chi connectivity index (χ2v) is 8.78. The Kier molecular flexibility index (Phi) is 8.05. The summed E-state index contributed by atoms with van der Waals surface area (Å²) in [6.45, 7) is 5.56. The maximum atomic E-state index is 13.2. The quantitative estimate of drug-likeness (QED) is 0.297. The zero-order valence-electron chi connectivity index (χ0n) is 20.6. The Morgan fingerprint density at radius 3 is 2.58 bits per heavy atom. The lowest BCUT2D eigenvalue weighted by molar-refractivity contribution is -0.126. The van der Waals surface area contributed by atoms with Crippen molar-refractivity contribution >= 4 is 12.0 Å². The lowest BCUT2D eigenvalue weighted by Crippen LogP contribution is -2.29. The van der Waals surface area contributed by atoms with Crippen LogP contribution in [0, 0.1) is 25.2 Å². The number of aryl methyl sites for hydroxylation is 2. The van der Waals surface area contributed by atoms with E-state index in [-0.39, 0.29) is 12.3 Å². The van der Waals surface area contributed by atoms with Gasteiger partial charge in [0.25, 0.3) is 0 Å². The monoisotopic (exact) mass is 475 g/mol. The Hall–Kier alpha value is -4.50. The highest BCUT2D eigenvalue weighted by atomic mass is 16.2. The molecular formula is C30H29N5O. The van der Waals surface area contributed by atoms with E-state index in [1.54, 1.807) is 23.4 Å². The molecule has 2 aromatic carbocycles. The van der Waals surface area contributed by atoms with Gasteiger partial charge in [-0.25, -0.2) is 0 Å². The number of aromatic nitrogens is 3. The molecule has 0 atom stereocenters. The molecular weight excluding hydrogens is 446 g/mol. The van der Waals surface area contributed by atoms with Gasteiger partial charge in [-0.05, 0) is 54.3 Å². The van der Waals surface area contributed by atoms with Crippen LogP contribution in [-0.4, -0.2) is 32.1 Å². The number of rotatable bonds is 9. The van der Waals surface area contributed by atoms with Crippen molar-refractivity contribution in [2.24, 2.45) is 0 Å². The van der Waals surface area contributed by atoms with Gasteiger partial charge in [0.05, 0.1) is 24.7 Å². The molecule has 1 amide bonds. The molecule has 0 saturated carbocycles. The molecule has 0 N–H and O–H groups in total. The molecule has 0 bridgehead atoms. The van der Waals surface area contributed by atoms with Crippen LogP contribution in [0.15, 0.2) is 85.3 Å². The van der Waals surface area contributed by atoms with E-state index >= 15 is 0 Å². The highest BCUT2D eigenvalue weighted by Gasteiger charge is 2.14. The molecule has 0 aliphatic heterocycles. The lowest BCUT2D eigenvalue weighted by atomic mass is 10.0. The van der Waals surface area contributed by atoms with Gasteiger partial charge >= 0.3 is 0 Å². The van der Waals surface area contributed by atoms with E-state index in [1.807, 2.05) is 47.3 Å². The molecule has 36 heavy (non-hydrogen) atoms. The number of nitrogens with zero attached hydrogens (tertiary/aromatic N) is 5. The highest BCUT2D eigenvalue weighted by Crippen LogP contribution is 2.26. The summed E-state index contributed by atoms with van der Waals surface area (Å²) in [6, 6.07) is 22.4. The third-order valence-electron chi connectivity index (χ3n) is 6.06. The molecule has 0 fully saturated rings. The first kappa shape index (κ1) is 24.6. The molecule has 2 aromatic heterocycles. The molecule has 180 valence electrons. The lowest BCUT2D eigenvalue weighted by Gasteiger charge is -2.19. The van der Waals surface area contributed by atoms with Gasteiger partial charge in [0.1, 0.15) is 0 Å². The molecule has 2 heterocycles. The summed E-state index contributed by atoms with van der Waals surface area (Å²) < 4.78 is 1.91. The van der Waals surface area contributed by atoms with Crippen LogP contribution in [-0.2, 0) is 17.9 Å². The molecule has 6 nitrogen and oxygen atoms in total. The Morgan fingerprint density at radius 2 is 1.86 bits per heavy atom. The van der Waals surface area contributed by atoms with Crippen molar-refractivity contribution in [2.45, 2.75) is 33.4 Å². The fourth-order valence-electron chi connectivity index (χ4n) is 3.95. The Morgan fingerprint density at radius 1 is 1.06 bits per heavy atom. The number of carbonyl (C=O) groups excluding carboxylic acids is 1. The predicted molar refractivity (Wildman–Crippen MR) is 142 cm³/mol. The van der Waals surface area contributed by atoms with E-state index in [1.165, 1.54) is 11.1 Å². The SMILES string of the molecule is Cc1ccc(-c2nn(Cc3ccccc3)cc2/C=C/C(=O)N(CCC#N)Cc2cccnc2)cc1C. The summed E-state index contributed by atoms with van der Waals surface area (Å²) in [6.07, 6.45) is 9.07. The van der Waals surface area contributed by atoms with Crippen molar-refractivity contribution in [2.75, 3.05) is 6.54 Å². The van der Waals surface area contributed by atoms with Crippen LogP contribution in [0.4, 0.5) is 0 Å². The van der Waals surface area contributed by atoms with Crippen molar-refractivity contribution in [3.05, 3.63) is 113 Å². The Bertz CT molecular complexity index is 1380. The van der Waals surface area contributed by atoms with Gasteiger partial charge in [0, 0.05) is 48.9 Å². The first-order chi connectivity index (χ1) is 17.5. The number of benzene rings is 2. The first-order valence-electron chi connectivity index (χ1n) is 12.0. The van der Waals surface area contributed by atoms with E-state index in [0.717, 1.165) is 27.9 Å². The number of hydrogen-bond donors (Lipinski definition) is 0. The van der Waals surface area contributed by atoms with Crippen LogP contribution in [0.25, 0.3) is 17.3 Å². The van der Waals surface area contributed by atoms with Crippen LogP contribution in [0.2, 0.25) is 0 Å². The maximum absolute atomic E-state index is 13.2. The Balaban J connectivity index is 1.63. The second kappa shape index (κ2) is 11.8. The standard InChI is InChI=1S/C30H29N5O/c1-23-11-12-27(18-24(23)2)30-28(22-35(33-30)21-25-8-4-3-5-9-25)13-14-29(36)34(17-7-15-31)20-26-10-6-16-32-19-26/h3-6,8-14,16,18-19,22H,7,17,20-21H2,1-2H3/b14-13+. The number of hydrogen-bond acceptors (Lipinski definition) is 4. The minimum absolute atomic E-state index is 0.157. The number of pyridine rings is 1. The van der Waals surface area contributed by atoms with Gasteiger partial charge in [-0.15, -0.1) is 0 Å². The molecule has 4 rings (SSSR count). The summed E-state index contributed by atoms with van der Waals surface area (Å²) in [5, 5.41) is 13.9. The number of amides is 1. The second-order valence-electron chi connectivity index (χ2n) is 8.78. The third-order valence-corrected chi connectivity index (χ3v) is 6.06. The molecule has 0 aliphatic carbocycles. The highest BCUT2D eigenvalue weighted by molar-refractivity contribution is 5.92. The Labute approximate surface area is 212 Å². The minimum Gasteiger partial charge on any atom is -0.334 e. The van der Waals surface area contributed by atoms with Gasteiger partial charge in [-0.1, -0.05) is 48.5 Å². The zero-order chi connectivity index (χ0) is 25.3. The molecule has 0 aliphatic rings. The fraction of sp³-hybridized carbons (Fsp3) is 0.200. The minimum atomic E-state index is -0.157. The van der Waals surface area contributed by atoms with Gasteiger partial charge < -0.3 is 4.90 Å². The van der Waals surface area contributed by atoms with Gasteiger partial charge in [0.15, 0.2) is 0 Å². The normalized spacial score (nSPS) is 10.9. The van der Waals surface area contributed by atoms with Crippen molar-refractivity contribution in [3.8, 4) is 17.3 Å². The smallest absolute Gasteiger partial charge is 0.246 e. The van der Waals surface area contributed by atoms with Crippen molar-refractivity contribution in [1.82, 2.24) is 19.7 Å². The van der Waals surface area contributed by atoms with Crippen LogP contribution < -0.4 is 0 Å². The van der Waals surface area contributed by atoms with Gasteiger partial charge in [0.2, 0.25) is 5.91 Å². The van der Waals surface area contributed by atoms with E-state index in [4.69, 9.17) is 10.4 Å². The first-order valence-corrected chi connectivity index (χ1v) is 12.0. The summed E-state index contributed by atoms with van der Waals surface area (Å²) in [4.78, 5) is 19.0. The molecule has 6 heteroatoms. The zero-order valence-corrected chi connectivity index (χ0v) is 20.6. The topological polar surface area (TPSA) is 74.8 Å². The molecule has 0 radical (unpaired) electrons. The van der Waals surface area contributed by atoms with Crippen molar-refractivity contribution < 1.29 is 4.79 Å². The van der Waals surface area contributed by atoms with Crippen LogP contribution in [0.3, 0.4) is 0 Å². The molecule has 0 spiro atoms. The van der Waals surface area contributed by atoms with Crippen LogP contribution in [0.1, 0.15) is 34.2 Å². The van der Waals surface area contributed by atoms with Crippen LogP contribution >= 0.6 is 0 Å². The summed E-state index contributed by atoms with van der Waals surface area (Å²) in [5.41, 5.74) is 7.18.